The molecule has 1 aliphatic rings. The molecule has 0 radical (unpaired) electrons. The second-order valence-electron chi connectivity index (χ2n) is 5.50. The SMILES string of the molecule is c1cc(C[C@@H]2COC[C@H]2n2ccnc2-c2cnsc2)ccn1. The lowest BCUT2D eigenvalue weighted by atomic mass is 9.95. The van der Waals surface area contributed by atoms with Gasteiger partial charge in [-0.15, -0.1) is 0 Å². The van der Waals surface area contributed by atoms with Crippen molar-refractivity contribution in [3.8, 4) is 11.4 Å². The van der Waals surface area contributed by atoms with Gasteiger partial charge in [-0.05, 0) is 35.6 Å². The Morgan fingerprint density at radius 1 is 1.23 bits per heavy atom. The molecule has 112 valence electrons. The van der Waals surface area contributed by atoms with Crippen molar-refractivity contribution >= 4 is 11.5 Å². The zero-order valence-corrected chi connectivity index (χ0v) is 12.8. The first-order valence-electron chi connectivity index (χ1n) is 7.31. The summed E-state index contributed by atoms with van der Waals surface area (Å²) in [7, 11) is 0. The maximum atomic E-state index is 5.76. The van der Waals surface area contributed by atoms with E-state index in [0.717, 1.165) is 31.0 Å². The molecule has 0 spiro atoms. The van der Waals surface area contributed by atoms with Gasteiger partial charge in [-0.3, -0.25) is 4.98 Å². The zero-order chi connectivity index (χ0) is 14.8. The van der Waals surface area contributed by atoms with Crippen molar-refractivity contribution in [1.29, 1.82) is 0 Å². The molecule has 3 aromatic rings. The summed E-state index contributed by atoms with van der Waals surface area (Å²) in [6, 6.07) is 4.46. The summed E-state index contributed by atoms with van der Waals surface area (Å²) in [5, 5.41) is 2.03. The van der Waals surface area contributed by atoms with E-state index in [1.807, 2.05) is 36.4 Å². The molecule has 3 aromatic heterocycles. The van der Waals surface area contributed by atoms with Crippen LogP contribution in [0.3, 0.4) is 0 Å². The first-order chi connectivity index (χ1) is 10.9. The Balaban J connectivity index is 1.61. The molecule has 1 fully saturated rings. The van der Waals surface area contributed by atoms with Gasteiger partial charge in [0, 0.05) is 41.6 Å². The summed E-state index contributed by atoms with van der Waals surface area (Å²) < 4.78 is 12.2. The van der Waals surface area contributed by atoms with E-state index < -0.39 is 0 Å². The van der Waals surface area contributed by atoms with Gasteiger partial charge >= 0.3 is 0 Å². The fraction of sp³-hybridized carbons (Fsp3) is 0.312. The fourth-order valence-electron chi connectivity index (χ4n) is 3.03. The molecule has 0 bridgehead atoms. The van der Waals surface area contributed by atoms with Crippen molar-refractivity contribution in [1.82, 2.24) is 18.9 Å². The van der Waals surface area contributed by atoms with Gasteiger partial charge in [-0.2, -0.15) is 0 Å². The Labute approximate surface area is 132 Å². The Hall–Kier alpha value is -2.05. The van der Waals surface area contributed by atoms with Crippen molar-refractivity contribution in [3.63, 3.8) is 0 Å². The van der Waals surface area contributed by atoms with Gasteiger partial charge in [0.2, 0.25) is 0 Å². The largest absolute Gasteiger partial charge is 0.379 e. The molecular formula is C16H16N4OS. The highest BCUT2D eigenvalue weighted by Gasteiger charge is 2.31. The van der Waals surface area contributed by atoms with E-state index >= 15 is 0 Å². The Kier molecular flexibility index (Phi) is 3.70. The highest BCUT2D eigenvalue weighted by atomic mass is 32.1. The van der Waals surface area contributed by atoms with Crippen LogP contribution in [0.4, 0.5) is 0 Å². The minimum atomic E-state index is 0.311. The van der Waals surface area contributed by atoms with Gasteiger partial charge in [0.15, 0.2) is 0 Å². The van der Waals surface area contributed by atoms with Crippen molar-refractivity contribution in [2.24, 2.45) is 5.92 Å². The minimum Gasteiger partial charge on any atom is -0.379 e. The third kappa shape index (κ3) is 2.55. The third-order valence-corrected chi connectivity index (χ3v) is 4.71. The summed E-state index contributed by atoms with van der Waals surface area (Å²) in [6.07, 6.45) is 10.5. The molecule has 0 unspecified atom stereocenters. The first-order valence-corrected chi connectivity index (χ1v) is 8.14. The van der Waals surface area contributed by atoms with Crippen molar-refractivity contribution < 1.29 is 4.74 Å². The first kappa shape index (κ1) is 13.6. The number of hydrogen-bond acceptors (Lipinski definition) is 5. The smallest absolute Gasteiger partial charge is 0.142 e. The predicted octanol–water partition coefficient (Wildman–Crippen LogP) is 2.83. The van der Waals surface area contributed by atoms with Crippen molar-refractivity contribution in [3.05, 3.63) is 54.1 Å². The van der Waals surface area contributed by atoms with E-state index in [9.17, 15) is 0 Å². The summed E-state index contributed by atoms with van der Waals surface area (Å²) in [4.78, 5) is 8.59. The summed E-state index contributed by atoms with van der Waals surface area (Å²) >= 11 is 1.45. The molecule has 6 heteroatoms. The average Bonchev–Trinajstić information content (AvgIpc) is 3.29. The van der Waals surface area contributed by atoms with Crippen LogP contribution in [0.25, 0.3) is 11.4 Å². The van der Waals surface area contributed by atoms with Crippen LogP contribution in [-0.2, 0) is 11.2 Å². The van der Waals surface area contributed by atoms with Crippen LogP contribution in [0.1, 0.15) is 11.6 Å². The Morgan fingerprint density at radius 2 is 2.14 bits per heavy atom. The van der Waals surface area contributed by atoms with Gasteiger partial charge in [-0.25, -0.2) is 9.36 Å². The maximum absolute atomic E-state index is 5.76. The Morgan fingerprint density at radius 3 is 2.95 bits per heavy atom. The number of pyridine rings is 1. The number of imidazole rings is 1. The maximum Gasteiger partial charge on any atom is 0.142 e. The van der Waals surface area contributed by atoms with Gasteiger partial charge in [0.25, 0.3) is 0 Å². The summed E-state index contributed by atoms with van der Waals surface area (Å²) in [5.41, 5.74) is 2.37. The molecule has 0 amide bonds. The van der Waals surface area contributed by atoms with E-state index in [1.54, 1.807) is 0 Å². The van der Waals surface area contributed by atoms with Crippen molar-refractivity contribution in [2.45, 2.75) is 12.5 Å². The molecule has 0 saturated carbocycles. The number of ether oxygens (including phenoxy) is 1. The van der Waals surface area contributed by atoms with E-state index in [0.29, 0.717) is 12.0 Å². The van der Waals surface area contributed by atoms with Crippen LogP contribution in [0, 0.1) is 5.92 Å². The molecule has 0 N–H and O–H groups in total. The molecule has 4 rings (SSSR count). The average molecular weight is 312 g/mol. The van der Waals surface area contributed by atoms with Crippen LogP contribution in [0.15, 0.2) is 48.5 Å². The molecule has 0 aromatic carbocycles. The molecule has 1 saturated heterocycles. The fourth-order valence-corrected chi connectivity index (χ4v) is 3.55. The predicted molar refractivity (Wildman–Crippen MR) is 84.6 cm³/mol. The second kappa shape index (κ2) is 5.98. The third-order valence-electron chi connectivity index (χ3n) is 4.13. The molecule has 5 nitrogen and oxygen atoms in total. The Bertz CT molecular complexity index is 726. The summed E-state index contributed by atoms with van der Waals surface area (Å²) in [6.45, 7) is 1.52. The lowest BCUT2D eigenvalue weighted by Gasteiger charge is -2.21. The highest BCUT2D eigenvalue weighted by molar-refractivity contribution is 7.03. The van der Waals surface area contributed by atoms with Crippen LogP contribution in [-0.4, -0.2) is 32.1 Å². The van der Waals surface area contributed by atoms with E-state index in [2.05, 4.69) is 31.0 Å². The van der Waals surface area contributed by atoms with Gasteiger partial charge in [0.05, 0.1) is 25.5 Å². The van der Waals surface area contributed by atoms with Crippen LogP contribution < -0.4 is 0 Å². The zero-order valence-electron chi connectivity index (χ0n) is 12.0. The number of hydrogen-bond donors (Lipinski definition) is 0. The molecule has 4 heterocycles. The topological polar surface area (TPSA) is 52.8 Å². The highest BCUT2D eigenvalue weighted by Crippen LogP contribution is 2.32. The normalized spacial score (nSPS) is 21.3. The number of aromatic nitrogens is 4. The van der Waals surface area contributed by atoms with Gasteiger partial charge in [0.1, 0.15) is 5.82 Å². The van der Waals surface area contributed by atoms with Crippen molar-refractivity contribution in [2.75, 3.05) is 13.2 Å². The van der Waals surface area contributed by atoms with Gasteiger partial charge in [-0.1, -0.05) is 0 Å². The molecule has 22 heavy (non-hydrogen) atoms. The van der Waals surface area contributed by atoms with E-state index in [4.69, 9.17) is 4.74 Å². The number of nitrogens with zero attached hydrogens (tertiary/aromatic N) is 4. The molecule has 0 aliphatic carbocycles. The van der Waals surface area contributed by atoms with Gasteiger partial charge < -0.3 is 9.30 Å². The second-order valence-corrected chi connectivity index (χ2v) is 6.15. The standard InChI is InChI=1S/C16H16N4OS/c1-3-17-4-2-12(1)7-13-9-21-10-15(13)20-6-5-18-16(20)14-8-19-22-11-14/h1-6,8,11,13,15H,7,9-10H2/t13-,15-/m1/s1. The van der Waals surface area contributed by atoms with E-state index in [1.165, 1.54) is 17.1 Å². The van der Waals surface area contributed by atoms with E-state index in [-0.39, 0.29) is 0 Å². The molecule has 2 atom stereocenters. The van der Waals surface area contributed by atoms with Crippen LogP contribution >= 0.6 is 11.5 Å². The lowest BCUT2D eigenvalue weighted by Crippen LogP contribution is -2.20. The summed E-state index contributed by atoms with van der Waals surface area (Å²) in [5.74, 6) is 1.42. The number of rotatable bonds is 4. The quantitative estimate of drug-likeness (QED) is 0.743. The lowest BCUT2D eigenvalue weighted by molar-refractivity contribution is 0.181. The van der Waals surface area contributed by atoms with Crippen LogP contribution in [0.5, 0.6) is 0 Å². The molecule has 1 aliphatic heterocycles. The molecular weight excluding hydrogens is 296 g/mol. The van der Waals surface area contributed by atoms with Crippen LogP contribution in [0.2, 0.25) is 0 Å². The monoisotopic (exact) mass is 312 g/mol. The minimum absolute atomic E-state index is 0.311.